The molecule has 92 valence electrons. The Bertz CT molecular complexity index is 554. The van der Waals surface area contributed by atoms with E-state index < -0.39 is 6.10 Å². The highest BCUT2D eigenvalue weighted by Gasteiger charge is 2.24. The van der Waals surface area contributed by atoms with Crippen LogP contribution in [0.3, 0.4) is 0 Å². The van der Waals surface area contributed by atoms with Gasteiger partial charge in [-0.3, -0.25) is 0 Å². The molecule has 1 aliphatic rings. The van der Waals surface area contributed by atoms with Crippen LogP contribution in [0, 0.1) is 5.92 Å². The molecule has 0 bridgehead atoms. The van der Waals surface area contributed by atoms with Crippen LogP contribution in [0.15, 0.2) is 36.4 Å². The van der Waals surface area contributed by atoms with E-state index in [1.165, 1.54) is 0 Å². The minimum Gasteiger partial charge on any atom is -0.388 e. The summed E-state index contributed by atoms with van der Waals surface area (Å²) in [6, 6.07) is 11.9. The number of aliphatic hydroxyl groups excluding tert-OH is 1. The summed E-state index contributed by atoms with van der Waals surface area (Å²) in [6.07, 6.45) is 1.32. The largest absolute Gasteiger partial charge is 0.388 e. The Morgan fingerprint density at radius 1 is 1.17 bits per heavy atom. The van der Waals surface area contributed by atoms with Crippen LogP contribution >= 0.6 is 0 Å². The van der Waals surface area contributed by atoms with E-state index in [4.69, 9.17) is 0 Å². The standard InChI is InChI=1S/C15H16N2O/c1-10-7-14-12(15(18)8-10)9-13(16-17-14)11-5-3-2-4-6-11/h2-6,9-10,15,18H,7-8H2,1H3. The molecule has 3 nitrogen and oxygen atoms in total. The minimum atomic E-state index is -0.401. The van der Waals surface area contributed by atoms with Gasteiger partial charge in [-0.1, -0.05) is 37.3 Å². The fourth-order valence-electron chi connectivity index (χ4n) is 2.55. The van der Waals surface area contributed by atoms with Crippen molar-refractivity contribution in [2.75, 3.05) is 0 Å². The van der Waals surface area contributed by atoms with Gasteiger partial charge in [0.25, 0.3) is 0 Å². The first-order valence-electron chi connectivity index (χ1n) is 6.34. The van der Waals surface area contributed by atoms with Crippen LogP contribution in [0.5, 0.6) is 0 Å². The van der Waals surface area contributed by atoms with Crippen LogP contribution in [0.4, 0.5) is 0 Å². The maximum atomic E-state index is 10.1. The molecule has 1 aliphatic carbocycles. The van der Waals surface area contributed by atoms with E-state index in [-0.39, 0.29) is 0 Å². The highest BCUT2D eigenvalue weighted by molar-refractivity contribution is 5.59. The van der Waals surface area contributed by atoms with Crippen LogP contribution < -0.4 is 0 Å². The summed E-state index contributed by atoms with van der Waals surface area (Å²) < 4.78 is 0. The van der Waals surface area contributed by atoms with Crippen molar-refractivity contribution in [2.45, 2.75) is 25.9 Å². The minimum absolute atomic E-state index is 0.401. The summed E-state index contributed by atoms with van der Waals surface area (Å²) in [5.41, 5.74) is 3.77. The van der Waals surface area contributed by atoms with Crippen LogP contribution in [0.1, 0.15) is 30.7 Å². The first-order valence-corrected chi connectivity index (χ1v) is 6.34. The zero-order valence-electron chi connectivity index (χ0n) is 10.4. The molecule has 0 saturated carbocycles. The molecule has 0 spiro atoms. The molecule has 0 amide bonds. The number of rotatable bonds is 1. The number of aromatic nitrogens is 2. The van der Waals surface area contributed by atoms with Crippen molar-refractivity contribution >= 4 is 0 Å². The summed E-state index contributed by atoms with van der Waals surface area (Å²) in [6.45, 7) is 2.14. The van der Waals surface area contributed by atoms with Gasteiger partial charge in [-0.2, -0.15) is 10.2 Å². The van der Waals surface area contributed by atoms with Gasteiger partial charge in [-0.05, 0) is 24.8 Å². The lowest BCUT2D eigenvalue weighted by Crippen LogP contribution is -2.18. The Hall–Kier alpha value is -1.74. The quantitative estimate of drug-likeness (QED) is 0.833. The molecule has 0 aliphatic heterocycles. The molecule has 2 aromatic rings. The third-order valence-electron chi connectivity index (χ3n) is 3.50. The molecule has 1 aromatic carbocycles. The summed E-state index contributed by atoms with van der Waals surface area (Å²) in [5.74, 6) is 0.476. The van der Waals surface area contributed by atoms with Crippen LogP contribution in [-0.2, 0) is 6.42 Å². The van der Waals surface area contributed by atoms with Gasteiger partial charge >= 0.3 is 0 Å². The maximum Gasteiger partial charge on any atom is 0.0933 e. The smallest absolute Gasteiger partial charge is 0.0933 e. The Morgan fingerprint density at radius 3 is 2.72 bits per heavy atom. The lowest BCUT2D eigenvalue weighted by Gasteiger charge is -2.25. The SMILES string of the molecule is CC1Cc2nnc(-c3ccccc3)cc2C(O)C1. The molecule has 0 fully saturated rings. The van der Waals surface area contributed by atoms with Crippen molar-refractivity contribution in [1.82, 2.24) is 10.2 Å². The lowest BCUT2D eigenvalue weighted by atomic mass is 9.86. The number of aliphatic hydroxyl groups is 1. The van der Waals surface area contributed by atoms with Gasteiger partial charge in [0.2, 0.25) is 0 Å². The van der Waals surface area contributed by atoms with Crippen molar-refractivity contribution in [3.8, 4) is 11.3 Å². The molecule has 1 aromatic heterocycles. The van der Waals surface area contributed by atoms with Gasteiger partial charge in [0.15, 0.2) is 0 Å². The van der Waals surface area contributed by atoms with E-state index in [1.807, 2.05) is 36.4 Å². The molecule has 3 heteroatoms. The van der Waals surface area contributed by atoms with Crippen molar-refractivity contribution < 1.29 is 5.11 Å². The van der Waals surface area contributed by atoms with E-state index in [0.717, 1.165) is 35.4 Å². The molecule has 2 atom stereocenters. The highest BCUT2D eigenvalue weighted by atomic mass is 16.3. The second kappa shape index (κ2) is 4.50. The summed E-state index contributed by atoms with van der Waals surface area (Å²) in [7, 11) is 0. The normalized spacial score (nSPS) is 22.6. The third-order valence-corrected chi connectivity index (χ3v) is 3.50. The summed E-state index contributed by atoms with van der Waals surface area (Å²) in [4.78, 5) is 0. The van der Waals surface area contributed by atoms with Gasteiger partial charge in [-0.15, -0.1) is 0 Å². The Labute approximate surface area is 107 Å². The number of benzene rings is 1. The zero-order valence-corrected chi connectivity index (χ0v) is 10.4. The van der Waals surface area contributed by atoms with Crippen LogP contribution in [0.25, 0.3) is 11.3 Å². The molecule has 2 unspecified atom stereocenters. The van der Waals surface area contributed by atoms with Crippen LogP contribution in [-0.4, -0.2) is 15.3 Å². The first-order chi connectivity index (χ1) is 8.74. The molecule has 0 radical (unpaired) electrons. The van der Waals surface area contributed by atoms with E-state index in [2.05, 4.69) is 17.1 Å². The predicted octanol–water partition coefficient (Wildman–Crippen LogP) is 2.76. The maximum absolute atomic E-state index is 10.1. The molecule has 1 heterocycles. The molecule has 1 N–H and O–H groups in total. The Morgan fingerprint density at radius 2 is 1.94 bits per heavy atom. The fraction of sp³-hybridized carbons (Fsp3) is 0.333. The topological polar surface area (TPSA) is 46.0 Å². The average molecular weight is 240 g/mol. The number of nitrogens with zero attached hydrogens (tertiary/aromatic N) is 2. The molecule has 0 saturated heterocycles. The number of hydrogen-bond donors (Lipinski definition) is 1. The Balaban J connectivity index is 2.04. The van der Waals surface area contributed by atoms with E-state index in [1.54, 1.807) is 0 Å². The van der Waals surface area contributed by atoms with Gasteiger partial charge in [-0.25, -0.2) is 0 Å². The van der Waals surface area contributed by atoms with Gasteiger partial charge in [0.1, 0.15) is 0 Å². The van der Waals surface area contributed by atoms with Crippen molar-refractivity contribution in [3.63, 3.8) is 0 Å². The molecule has 3 rings (SSSR count). The summed E-state index contributed by atoms with van der Waals surface area (Å²) in [5, 5.41) is 18.7. The number of hydrogen-bond acceptors (Lipinski definition) is 3. The number of fused-ring (bicyclic) bond motifs is 1. The van der Waals surface area contributed by atoms with Crippen LogP contribution in [0.2, 0.25) is 0 Å². The second-order valence-electron chi connectivity index (χ2n) is 5.06. The van der Waals surface area contributed by atoms with E-state index in [9.17, 15) is 5.11 Å². The second-order valence-corrected chi connectivity index (χ2v) is 5.06. The fourth-order valence-corrected chi connectivity index (χ4v) is 2.55. The van der Waals surface area contributed by atoms with E-state index >= 15 is 0 Å². The van der Waals surface area contributed by atoms with Gasteiger partial charge in [0, 0.05) is 11.1 Å². The molecular weight excluding hydrogens is 224 g/mol. The summed E-state index contributed by atoms with van der Waals surface area (Å²) >= 11 is 0. The monoisotopic (exact) mass is 240 g/mol. The average Bonchev–Trinajstić information content (AvgIpc) is 2.39. The predicted molar refractivity (Wildman–Crippen MR) is 69.9 cm³/mol. The highest BCUT2D eigenvalue weighted by Crippen LogP contribution is 2.33. The molecular formula is C15H16N2O. The zero-order chi connectivity index (χ0) is 12.5. The first kappa shape index (κ1) is 11.4. The van der Waals surface area contributed by atoms with Crippen molar-refractivity contribution in [1.29, 1.82) is 0 Å². The van der Waals surface area contributed by atoms with Crippen molar-refractivity contribution in [3.05, 3.63) is 47.7 Å². The third kappa shape index (κ3) is 2.02. The Kier molecular flexibility index (Phi) is 2.84. The lowest BCUT2D eigenvalue weighted by molar-refractivity contribution is 0.134. The van der Waals surface area contributed by atoms with E-state index in [0.29, 0.717) is 5.92 Å². The van der Waals surface area contributed by atoms with Gasteiger partial charge < -0.3 is 5.11 Å². The van der Waals surface area contributed by atoms with Crippen molar-refractivity contribution in [2.24, 2.45) is 5.92 Å². The van der Waals surface area contributed by atoms with Gasteiger partial charge in [0.05, 0.1) is 17.5 Å². The molecule has 18 heavy (non-hydrogen) atoms.